The molecular weight excluding hydrogens is 170 g/mol. The first-order chi connectivity index (χ1) is 6.14. The van der Waals surface area contributed by atoms with Gasteiger partial charge in [0.2, 0.25) is 0 Å². The SMILES string of the molecule is CC1=C(C)N(C)C(C)(C)C(C)(C)C1C. The van der Waals surface area contributed by atoms with Gasteiger partial charge >= 0.3 is 0 Å². The molecule has 0 spiro atoms. The second-order valence-corrected chi connectivity index (χ2v) is 5.83. The van der Waals surface area contributed by atoms with E-state index < -0.39 is 0 Å². The summed E-state index contributed by atoms with van der Waals surface area (Å²) in [6, 6.07) is 0. The first kappa shape index (κ1) is 11.6. The van der Waals surface area contributed by atoms with E-state index in [2.05, 4.69) is 60.4 Å². The van der Waals surface area contributed by atoms with Crippen molar-refractivity contribution in [2.24, 2.45) is 11.3 Å². The second kappa shape index (κ2) is 3.01. The summed E-state index contributed by atoms with van der Waals surface area (Å²) in [7, 11) is 2.21. The molecule has 1 unspecified atom stereocenters. The fourth-order valence-corrected chi connectivity index (χ4v) is 2.50. The molecule has 0 bridgehead atoms. The van der Waals surface area contributed by atoms with Gasteiger partial charge in [-0.15, -0.1) is 0 Å². The normalized spacial score (nSPS) is 30.9. The second-order valence-electron chi connectivity index (χ2n) is 5.83. The predicted molar refractivity (Wildman–Crippen MR) is 63.2 cm³/mol. The van der Waals surface area contributed by atoms with Crippen LogP contribution < -0.4 is 0 Å². The fourth-order valence-electron chi connectivity index (χ4n) is 2.50. The molecule has 1 rings (SSSR count). The minimum Gasteiger partial charge on any atom is -0.372 e. The highest BCUT2D eigenvalue weighted by Gasteiger charge is 2.48. The standard InChI is InChI=1S/C13H25N/c1-9-10(2)12(4,5)13(6,7)14(8)11(9)3/h10H,1-8H3. The van der Waals surface area contributed by atoms with Crippen LogP contribution in [0.1, 0.15) is 48.5 Å². The van der Waals surface area contributed by atoms with Gasteiger partial charge in [-0.3, -0.25) is 0 Å². The third-order valence-electron chi connectivity index (χ3n) is 5.22. The molecular formula is C13H25N. The summed E-state index contributed by atoms with van der Waals surface area (Å²) in [5.74, 6) is 0.661. The zero-order valence-electron chi connectivity index (χ0n) is 11.0. The Morgan fingerprint density at radius 2 is 1.50 bits per heavy atom. The molecule has 0 aliphatic carbocycles. The van der Waals surface area contributed by atoms with Gasteiger partial charge in [0.15, 0.2) is 0 Å². The van der Waals surface area contributed by atoms with Crippen LogP contribution in [0.5, 0.6) is 0 Å². The van der Waals surface area contributed by atoms with E-state index in [0.717, 1.165) is 0 Å². The van der Waals surface area contributed by atoms with Crippen LogP contribution in [0.3, 0.4) is 0 Å². The molecule has 0 N–H and O–H groups in total. The monoisotopic (exact) mass is 195 g/mol. The molecule has 0 aromatic rings. The van der Waals surface area contributed by atoms with Gasteiger partial charge in [0.05, 0.1) is 0 Å². The minimum absolute atomic E-state index is 0.232. The van der Waals surface area contributed by atoms with Gasteiger partial charge in [-0.25, -0.2) is 0 Å². The molecule has 14 heavy (non-hydrogen) atoms. The molecule has 0 radical (unpaired) electrons. The molecule has 1 nitrogen and oxygen atoms in total. The number of nitrogens with zero attached hydrogens (tertiary/aromatic N) is 1. The molecule has 1 heteroatoms. The first-order valence-electron chi connectivity index (χ1n) is 5.55. The highest BCUT2D eigenvalue weighted by Crippen LogP contribution is 2.49. The number of hydrogen-bond donors (Lipinski definition) is 0. The number of rotatable bonds is 0. The molecule has 0 amide bonds. The lowest BCUT2D eigenvalue weighted by atomic mass is 9.61. The quantitative estimate of drug-likeness (QED) is 0.570. The van der Waals surface area contributed by atoms with E-state index in [1.54, 1.807) is 0 Å². The lowest BCUT2D eigenvalue weighted by Gasteiger charge is -2.57. The van der Waals surface area contributed by atoms with Crippen LogP contribution in [0.4, 0.5) is 0 Å². The van der Waals surface area contributed by atoms with Crippen LogP contribution in [-0.2, 0) is 0 Å². The molecule has 1 aliphatic heterocycles. The molecule has 0 saturated heterocycles. The Kier molecular flexibility index (Phi) is 2.50. The van der Waals surface area contributed by atoms with E-state index in [9.17, 15) is 0 Å². The Balaban J connectivity index is 3.31. The van der Waals surface area contributed by atoms with Gasteiger partial charge in [0.1, 0.15) is 0 Å². The van der Waals surface area contributed by atoms with Gasteiger partial charge < -0.3 is 4.90 Å². The fraction of sp³-hybridized carbons (Fsp3) is 0.846. The smallest absolute Gasteiger partial charge is 0.0396 e. The molecule has 0 fully saturated rings. The Hall–Kier alpha value is -0.460. The van der Waals surface area contributed by atoms with Crippen LogP contribution in [0, 0.1) is 11.3 Å². The van der Waals surface area contributed by atoms with Crippen molar-refractivity contribution in [2.45, 2.75) is 54.0 Å². The lowest BCUT2D eigenvalue weighted by Crippen LogP contribution is -2.57. The number of hydrogen-bond acceptors (Lipinski definition) is 1. The maximum absolute atomic E-state index is 2.43. The average Bonchev–Trinajstić information content (AvgIpc) is 2.10. The van der Waals surface area contributed by atoms with Crippen molar-refractivity contribution in [3.05, 3.63) is 11.3 Å². The summed E-state index contributed by atoms with van der Waals surface area (Å²) in [4.78, 5) is 2.43. The molecule has 1 atom stereocenters. The van der Waals surface area contributed by atoms with Gasteiger partial charge in [-0.2, -0.15) is 0 Å². The van der Waals surface area contributed by atoms with Crippen molar-refractivity contribution in [3.8, 4) is 0 Å². The molecule has 82 valence electrons. The van der Waals surface area contributed by atoms with Gasteiger partial charge in [0, 0.05) is 18.3 Å². The van der Waals surface area contributed by atoms with Gasteiger partial charge in [-0.1, -0.05) is 26.3 Å². The van der Waals surface area contributed by atoms with Crippen LogP contribution in [0.25, 0.3) is 0 Å². The predicted octanol–water partition coefficient (Wildman–Crippen LogP) is 3.67. The van der Waals surface area contributed by atoms with Crippen molar-refractivity contribution in [2.75, 3.05) is 7.05 Å². The summed E-state index contributed by atoms with van der Waals surface area (Å²) < 4.78 is 0. The van der Waals surface area contributed by atoms with E-state index in [1.165, 1.54) is 11.3 Å². The molecule has 1 heterocycles. The zero-order chi connectivity index (χ0) is 11.3. The van der Waals surface area contributed by atoms with Gasteiger partial charge in [0.25, 0.3) is 0 Å². The third-order valence-corrected chi connectivity index (χ3v) is 5.22. The molecule has 0 aromatic carbocycles. The van der Waals surface area contributed by atoms with E-state index in [0.29, 0.717) is 11.3 Å². The van der Waals surface area contributed by atoms with Crippen LogP contribution >= 0.6 is 0 Å². The number of allylic oxidation sites excluding steroid dienone is 2. The van der Waals surface area contributed by atoms with Crippen molar-refractivity contribution in [1.29, 1.82) is 0 Å². The van der Waals surface area contributed by atoms with E-state index in [4.69, 9.17) is 0 Å². The lowest BCUT2D eigenvalue weighted by molar-refractivity contribution is 0.00423. The maximum atomic E-state index is 2.43. The molecule has 0 saturated carbocycles. The topological polar surface area (TPSA) is 3.24 Å². The van der Waals surface area contributed by atoms with E-state index >= 15 is 0 Å². The first-order valence-corrected chi connectivity index (χ1v) is 5.55. The maximum Gasteiger partial charge on any atom is 0.0396 e. The largest absolute Gasteiger partial charge is 0.372 e. The average molecular weight is 195 g/mol. The summed E-state index contributed by atoms with van der Waals surface area (Å²) in [5, 5.41) is 0. The summed E-state index contributed by atoms with van der Waals surface area (Å²) in [6.07, 6.45) is 0. The minimum atomic E-state index is 0.232. The van der Waals surface area contributed by atoms with Crippen molar-refractivity contribution in [1.82, 2.24) is 4.90 Å². The Morgan fingerprint density at radius 1 is 1.07 bits per heavy atom. The van der Waals surface area contributed by atoms with E-state index in [1.807, 2.05) is 0 Å². The van der Waals surface area contributed by atoms with Crippen molar-refractivity contribution < 1.29 is 0 Å². The van der Waals surface area contributed by atoms with Gasteiger partial charge in [-0.05, 0) is 39.0 Å². The third kappa shape index (κ3) is 1.21. The highest BCUT2D eigenvalue weighted by atomic mass is 15.2. The van der Waals surface area contributed by atoms with Crippen LogP contribution in [0.2, 0.25) is 0 Å². The highest BCUT2D eigenvalue weighted by molar-refractivity contribution is 5.23. The summed E-state index contributed by atoms with van der Waals surface area (Å²) in [6.45, 7) is 16.3. The van der Waals surface area contributed by atoms with E-state index in [-0.39, 0.29) is 5.54 Å². The zero-order valence-corrected chi connectivity index (χ0v) is 11.0. The summed E-state index contributed by atoms with van der Waals surface area (Å²) >= 11 is 0. The van der Waals surface area contributed by atoms with Crippen LogP contribution in [0.15, 0.2) is 11.3 Å². The molecule has 0 aromatic heterocycles. The van der Waals surface area contributed by atoms with Crippen LogP contribution in [-0.4, -0.2) is 17.5 Å². The Morgan fingerprint density at radius 3 is 1.93 bits per heavy atom. The summed E-state index contributed by atoms with van der Waals surface area (Å²) in [5.41, 5.74) is 3.54. The Bertz CT molecular complexity index is 243. The van der Waals surface area contributed by atoms with Crippen molar-refractivity contribution >= 4 is 0 Å². The Labute approximate surface area is 89.2 Å². The van der Waals surface area contributed by atoms with Crippen molar-refractivity contribution in [3.63, 3.8) is 0 Å². The molecule has 1 aliphatic rings.